The van der Waals surface area contributed by atoms with E-state index in [1.807, 2.05) is 85.1 Å². The number of benzene rings is 1. The molecule has 0 saturated carbocycles. The van der Waals surface area contributed by atoms with E-state index in [1.165, 1.54) is 0 Å². The number of carbonyl (C=O) groups is 1. The van der Waals surface area contributed by atoms with Crippen LogP contribution in [-0.2, 0) is 0 Å². The normalized spacial score (nSPS) is 10.2. The summed E-state index contributed by atoms with van der Waals surface area (Å²) in [6.45, 7) is 3.89. The number of nitrogens with one attached hydrogen (secondary N) is 1. The minimum Gasteiger partial charge on any atom is -0.322 e. The molecule has 0 fully saturated rings. The molecule has 0 spiro atoms. The molecule has 3 aromatic heterocycles. The molecule has 0 aliphatic rings. The van der Waals surface area contributed by atoms with Gasteiger partial charge in [0.25, 0.3) is 5.91 Å². The fourth-order valence-corrected chi connectivity index (χ4v) is 3.28. The van der Waals surface area contributed by atoms with Crippen LogP contribution < -0.4 is 5.32 Å². The number of carbonyl (C=O) groups excluding carboxylic acids is 1. The summed E-state index contributed by atoms with van der Waals surface area (Å²) < 4.78 is 1.98. The fourth-order valence-electron chi connectivity index (χ4n) is 3.28. The van der Waals surface area contributed by atoms with Gasteiger partial charge in [0.2, 0.25) is 0 Å². The van der Waals surface area contributed by atoms with Crippen LogP contribution in [0.15, 0.2) is 79.1 Å². The first-order valence-electron chi connectivity index (χ1n) is 9.56. The summed E-state index contributed by atoms with van der Waals surface area (Å²) in [4.78, 5) is 21.5. The molecular formula is C25H20N4O. The maximum atomic E-state index is 12.9. The monoisotopic (exact) mass is 392 g/mol. The van der Waals surface area contributed by atoms with Crippen molar-refractivity contribution in [2.75, 3.05) is 5.32 Å². The van der Waals surface area contributed by atoms with Gasteiger partial charge in [-0.25, -0.2) is 9.97 Å². The molecule has 0 atom stereocenters. The second-order valence-electron chi connectivity index (χ2n) is 6.81. The third kappa shape index (κ3) is 4.13. The summed E-state index contributed by atoms with van der Waals surface area (Å²) in [6, 6.07) is 20.7. The van der Waals surface area contributed by atoms with Crippen LogP contribution >= 0.6 is 0 Å². The van der Waals surface area contributed by atoms with Gasteiger partial charge in [0.1, 0.15) is 11.5 Å². The molecule has 4 aromatic rings. The largest absolute Gasteiger partial charge is 0.322 e. The molecule has 0 saturated heterocycles. The number of pyridine rings is 2. The molecule has 0 aliphatic carbocycles. The maximum absolute atomic E-state index is 12.9. The van der Waals surface area contributed by atoms with Crippen molar-refractivity contribution in [1.29, 1.82) is 0 Å². The molecule has 4 rings (SSSR count). The SMILES string of the molecule is Cc1cc(C(=O)Nc2cccc(C#Cc3ccccn3)c2)c(C)n1-c1ccccn1. The Kier molecular flexibility index (Phi) is 5.40. The second-order valence-corrected chi connectivity index (χ2v) is 6.81. The van der Waals surface area contributed by atoms with Crippen molar-refractivity contribution >= 4 is 11.6 Å². The van der Waals surface area contributed by atoms with Gasteiger partial charge in [-0.15, -0.1) is 0 Å². The minimum atomic E-state index is -0.167. The summed E-state index contributed by atoms with van der Waals surface area (Å²) in [6.07, 6.45) is 3.45. The van der Waals surface area contributed by atoms with Gasteiger partial charge in [0.15, 0.2) is 0 Å². The molecule has 0 unspecified atom stereocenters. The van der Waals surface area contributed by atoms with Gasteiger partial charge in [-0.1, -0.05) is 24.1 Å². The zero-order valence-corrected chi connectivity index (χ0v) is 16.8. The van der Waals surface area contributed by atoms with Crippen molar-refractivity contribution < 1.29 is 4.79 Å². The molecular weight excluding hydrogens is 372 g/mol. The third-order valence-electron chi connectivity index (χ3n) is 4.67. The van der Waals surface area contributed by atoms with Crippen molar-refractivity contribution in [3.8, 4) is 17.7 Å². The molecule has 1 N–H and O–H groups in total. The Bertz CT molecular complexity index is 1250. The van der Waals surface area contributed by atoms with Crippen LogP contribution in [0.5, 0.6) is 0 Å². The number of aryl methyl sites for hydroxylation is 1. The zero-order valence-electron chi connectivity index (χ0n) is 16.8. The number of amides is 1. The molecule has 5 heteroatoms. The van der Waals surface area contributed by atoms with Gasteiger partial charge < -0.3 is 9.88 Å². The number of anilines is 1. The number of nitrogens with zero attached hydrogens (tertiary/aromatic N) is 3. The lowest BCUT2D eigenvalue weighted by molar-refractivity contribution is 0.102. The van der Waals surface area contributed by atoms with Crippen LogP contribution in [0.3, 0.4) is 0 Å². The fraction of sp³-hybridized carbons (Fsp3) is 0.0800. The van der Waals surface area contributed by atoms with Crippen molar-refractivity contribution in [1.82, 2.24) is 14.5 Å². The molecule has 146 valence electrons. The van der Waals surface area contributed by atoms with E-state index in [4.69, 9.17) is 0 Å². The lowest BCUT2D eigenvalue weighted by Crippen LogP contribution is -2.13. The smallest absolute Gasteiger partial charge is 0.257 e. The van der Waals surface area contributed by atoms with Gasteiger partial charge in [0, 0.05) is 35.0 Å². The topological polar surface area (TPSA) is 59.8 Å². The highest BCUT2D eigenvalue weighted by Gasteiger charge is 2.17. The highest BCUT2D eigenvalue weighted by Crippen LogP contribution is 2.21. The Labute approximate surface area is 175 Å². The van der Waals surface area contributed by atoms with Crippen LogP contribution in [0, 0.1) is 25.7 Å². The van der Waals surface area contributed by atoms with E-state index in [0.29, 0.717) is 16.9 Å². The standard InChI is InChI=1S/C25H20N4O/c1-18-16-23(19(2)29(18)24-11-4-6-15-27-24)25(30)28-22-10-7-8-20(17-22)12-13-21-9-3-5-14-26-21/h3-11,14-17H,1-2H3,(H,28,30). The van der Waals surface area contributed by atoms with E-state index in [9.17, 15) is 4.79 Å². The maximum Gasteiger partial charge on any atom is 0.257 e. The lowest BCUT2D eigenvalue weighted by Gasteiger charge is -2.09. The molecule has 1 amide bonds. The van der Waals surface area contributed by atoms with Crippen molar-refractivity contribution in [2.45, 2.75) is 13.8 Å². The van der Waals surface area contributed by atoms with Gasteiger partial charge in [0.05, 0.1) is 5.56 Å². The van der Waals surface area contributed by atoms with Gasteiger partial charge >= 0.3 is 0 Å². The molecule has 0 bridgehead atoms. The van der Waals surface area contributed by atoms with Crippen LogP contribution in [0.2, 0.25) is 0 Å². The lowest BCUT2D eigenvalue weighted by atomic mass is 10.1. The predicted octanol–water partition coefficient (Wildman–Crippen LogP) is 4.54. The first kappa shape index (κ1) is 19.2. The Morgan fingerprint density at radius 3 is 2.43 bits per heavy atom. The van der Waals surface area contributed by atoms with Gasteiger partial charge in [-0.2, -0.15) is 0 Å². The van der Waals surface area contributed by atoms with Crippen LogP contribution in [0.1, 0.15) is 33.0 Å². The van der Waals surface area contributed by atoms with Crippen LogP contribution in [0.4, 0.5) is 5.69 Å². The van der Waals surface area contributed by atoms with Crippen LogP contribution in [-0.4, -0.2) is 20.4 Å². The second kappa shape index (κ2) is 8.46. The van der Waals surface area contributed by atoms with E-state index in [-0.39, 0.29) is 5.91 Å². The summed E-state index contributed by atoms with van der Waals surface area (Å²) in [7, 11) is 0. The van der Waals surface area contributed by atoms with Crippen molar-refractivity contribution in [3.05, 3.63) is 107 Å². The number of hydrogen-bond donors (Lipinski definition) is 1. The van der Waals surface area contributed by atoms with E-state index in [1.54, 1.807) is 12.4 Å². The first-order chi connectivity index (χ1) is 14.6. The van der Waals surface area contributed by atoms with E-state index in [0.717, 1.165) is 22.8 Å². The van der Waals surface area contributed by atoms with Crippen LogP contribution in [0.25, 0.3) is 5.82 Å². The first-order valence-corrected chi connectivity index (χ1v) is 9.56. The quantitative estimate of drug-likeness (QED) is 0.521. The summed E-state index contributed by atoms with van der Waals surface area (Å²) in [5.74, 6) is 6.73. The molecule has 0 radical (unpaired) electrons. The highest BCUT2D eigenvalue weighted by atomic mass is 16.1. The average Bonchev–Trinajstić information content (AvgIpc) is 3.08. The number of hydrogen-bond acceptors (Lipinski definition) is 3. The van der Waals surface area contributed by atoms with Crippen molar-refractivity contribution in [2.24, 2.45) is 0 Å². The Hall–Kier alpha value is -4.17. The summed E-state index contributed by atoms with van der Waals surface area (Å²) in [5, 5.41) is 2.97. The Balaban J connectivity index is 1.56. The average molecular weight is 392 g/mol. The molecule has 1 aromatic carbocycles. The molecule has 5 nitrogen and oxygen atoms in total. The van der Waals surface area contributed by atoms with E-state index < -0.39 is 0 Å². The summed E-state index contributed by atoms with van der Waals surface area (Å²) in [5.41, 5.74) is 4.60. The molecule has 30 heavy (non-hydrogen) atoms. The zero-order chi connectivity index (χ0) is 20.9. The third-order valence-corrected chi connectivity index (χ3v) is 4.67. The molecule has 0 aliphatic heterocycles. The van der Waals surface area contributed by atoms with Gasteiger partial charge in [-0.05, 0) is 68.3 Å². The number of rotatable bonds is 3. The highest BCUT2D eigenvalue weighted by molar-refractivity contribution is 6.05. The van der Waals surface area contributed by atoms with E-state index in [2.05, 4.69) is 27.1 Å². The predicted molar refractivity (Wildman–Crippen MR) is 118 cm³/mol. The van der Waals surface area contributed by atoms with E-state index >= 15 is 0 Å². The Morgan fingerprint density at radius 2 is 1.70 bits per heavy atom. The minimum absolute atomic E-state index is 0.167. The van der Waals surface area contributed by atoms with Gasteiger partial charge in [-0.3, -0.25) is 4.79 Å². The summed E-state index contributed by atoms with van der Waals surface area (Å²) >= 11 is 0. The Morgan fingerprint density at radius 1 is 0.900 bits per heavy atom. The number of aromatic nitrogens is 3. The van der Waals surface area contributed by atoms with Crippen molar-refractivity contribution in [3.63, 3.8) is 0 Å². The molecule has 3 heterocycles.